The molecular formula is C18H26ClF2N3O3. The molecule has 0 bridgehead atoms. The molecular weight excluding hydrogens is 380 g/mol. The van der Waals surface area contributed by atoms with Gasteiger partial charge in [0, 0.05) is 38.4 Å². The lowest BCUT2D eigenvalue weighted by Gasteiger charge is -2.37. The number of aliphatic hydroxyl groups is 1. The maximum atomic E-state index is 14.5. The highest BCUT2D eigenvalue weighted by atomic mass is 35.5. The van der Waals surface area contributed by atoms with Gasteiger partial charge in [0.1, 0.15) is 11.3 Å². The van der Waals surface area contributed by atoms with E-state index < -0.39 is 29.4 Å². The number of hydrogen-bond acceptors (Lipinski definition) is 5. The number of carbonyl (C=O) groups excluding carboxylic acids is 1. The van der Waals surface area contributed by atoms with E-state index in [2.05, 4.69) is 5.32 Å². The summed E-state index contributed by atoms with van der Waals surface area (Å²) in [4.78, 5) is 15.2. The molecule has 0 radical (unpaired) electrons. The van der Waals surface area contributed by atoms with Gasteiger partial charge in [-0.3, -0.25) is 0 Å². The molecule has 0 aliphatic carbocycles. The number of rotatable bonds is 5. The largest absolute Gasteiger partial charge is 0.444 e. The number of anilines is 2. The zero-order chi connectivity index (χ0) is 20.2. The van der Waals surface area contributed by atoms with Crippen LogP contribution in [0.2, 0.25) is 0 Å². The molecule has 1 aromatic carbocycles. The number of amides is 1. The van der Waals surface area contributed by atoms with Crippen LogP contribution in [0.25, 0.3) is 0 Å². The summed E-state index contributed by atoms with van der Waals surface area (Å²) in [6.45, 7) is 6.67. The molecule has 1 aromatic rings. The number of ether oxygens (including phenoxy) is 1. The van der Waals surface area contributed by atoms with Gasteiger partial charge < -0.3 is 25.0 Å². The van der Waals surface area contributed by atoms with E-state index in [0.29, 0.717) is 26.2 Å². The van der Waals surface area contributed by atoms with Crippen LogP contribution in [-0.2, 0) is 4.74 Å². The quantitative estimate of drug-likeness (QED) is 0.737. The predicted molar refractivity (Wildman–Crippen MR) is 102 cm³/mol. The first-order valence-corrected chi connectivity index (χ1v) is 9.34. The molecule has 1 heterocycles. The SMILES string of the molecule is CC(C)(C)OC(=O)N1CCN(c2c(F)cc(NCC(O)CCl)cc2F)CC1. The van der Waals surface area contributed by atoms with Gasteiger partial charge in [-0.25, -0.2) is 13.6 Å². The van der Waals surface area contributed by atoms with Crippen LogP contribution >= 0.6 is 11.6 Å². The van der Waals surface area contributed by atoms with Crippen LogP contribution in [0.3, 0.4) is 0 Å². The van der Waals surface area contributed by atoms with E-state index in [0.717, 1.165) is 0 Å². The zero-order valence-corrected chi connectivity index (χ0v) is 16.5. The minimum atomic E-state index is -0.807. The highest BCUT2D eigenvalue weighted by molar-refractivity contribution is 6.18. The van der Waals surface area contributed by atoms with Crippen molar-refractivity contribution in [3.05, 3.63) is 23.8 Å². The van der Waals surface area contributed by atoms with Gasteiger partial charge in [-0.05, 0) is 32.9 Å². The first-order valence-electron chi connectivity index (χ1n) is 8.80. The normalized spacial score (nSPS) is 16.3. The van der Waals surface area contributed by atoms with Crippen molar-refractivity contribution in [3.8, 4) is 0 Å². The summed E-state index contributed by atoms with van der Waals surface area (Å²) in [5.41, 5.74) is -0.487. The average Bonchev–Trinajstić information content (AvgIpc) is 2.58. The molecule has 2 rings (SSSR count). The fourth-order valence-corrected chi connectivity index (χ4v) is 2.81. The Hall–Kier alpha value is -1.80. The molecule has 27 heavy (non-hydrogen) atoms. The van der Waals surface area contributed by atoms with E-state index in [-0.39, 0.29) is 23.8 Å². The Labute approximate surface area is 163 Å². The Morgan fingerprint density at radius 3 is 2.30 bits per heavy atom. The molecule has 1 saturated heterocycles. The number of aliphatic hydroxyl groups excluding tert-OH is 1. The van der Waals surface area contributed by atoms with Crippen molar-refractivity contribution in [1.82, 2.24) is 4.90 Å². The summed E-state index contributed by atoms with van der Waals surface area (Å²) >= 11 is 5.50. The number of piperazine rings is 1. The van der Waals surface area contributed by atoms with Gasteiger partial charge in [0.05, 0.1) is 12.0 Å². The first-order chi connectivity index (χ1) is 12.6. The van der Waals surface area contributed by atoms with Crippen LogP contribution < -0.4 is 10.2 Å². The van der Waals surface area contributed by atoms with Gasteiger partial charge >= 0.3 is 6.09 Å². The molecule has 1 fully saturated rings. The molecule has 1 unspecified atom stereocenters. The number of benzene rings is 1. The molecule has 0 saturated carbocycles. The number of halogens is 3. The zero-order valence-electron chi connectivity index (χ0n) is 15.8. The monoisotopic (exact) mass is 405 g/mol. The lowest BCUT2D eigenvalue weighted by atomic mass is 10.2. The average molecular weight is 406 g/mol. The van der Waals surface area contributed by atoms with Crippen molar-refractivity contribution >= 4 is 29.1 Å². The van der Waals surface area contributed by atoms with Crippen LogP contribution in [0.1, 0.15) is 20.8 Å². The fourth-order valence-electron chi connectivity index (χ4n) is 2.70. The highest BCUT2D eigenvalue weighted by Crippen LogP contribution is 2.28. The fraction of sp³-hybridized carbons (Fsp3) is 0.611. The molecule has 152 valence electrons. The van der Waals surface area contributed by atoms with Crippen LogP contribution in [0, 0.1) is 11.6 Å². The second-order valence-electron chi connectivity index (χ2n) is 7.43. The molecule has 1 aliphatic heterocycles. The van der Waals surface area contributed by atoms with Crippen LogP contribution in [0.5, 0.6) is 0 Å². The van der Waals surface area contributed by atoms with E-state index >= 15 is 0 Å². The number of alkyl halides is 1. The van der Waals surface area contributed by atoms with Gasteiger partial charge in [0.25, 0.3) is 0 Å². The van der Waals surface area contributed by atoms with Gasteiger partial charge in [-0.2, -0.15) is 0 Å². The summed E-state index contributed by atoms with van der Waals surface area (Å²) in [6.07, 6.45) is -1.24. The molecule has 9 heteroatoms. The molecule has 2 N–H and O–H groups in total. The molecule has 0 aromatic heterocycles. The number of nitrogens with zero attached hydrogens (tertiary/aromatic N) is 2. The van der Waals surface area contributed by atoms with E-state index in [1.807, 2.05) is 0 Å². The third-order valence-electron chi connectivity index (χ3n) is 3.98. The van der Waals surface area contributed by atoms with Crippen molar-refractivity contribution in [2.75, 3.05) is 48.8 Å². The van der Waals surface area contributed by atoms with Crippen LogP contribution in [0.4, 0.5) is 25.0 Å². The number of carbonyl (C=O) groups is 1. The Balaban J connectivity index is 2.00. The standard InChI is InChI=1S/C18H26ClF2N3O3/c1-18(2,3)27-17(26)24-6-4-23(5-7-24)16-14(20)8-12(9-15(16)21)22-11-13(25)10-19/h8-9,13,22,25H,4-7,10-11H2,1-3H3. The third kappa shape index (κ3) is 6.10. The molecule has 1 atom stereocenters. The van der Waals surface area contributed by atoms with Crippen molar-refractivity contribution in [3.63, 3.8) is 0 Å². The van der Waals surface area contributed by atoms with E-state index in [9.17, 15) is 18.7 Å². The minimum absolute atomic E-state index is 0.0258. The van der Waals surface area contributed by atoms with E-state index in [1.165, 1.54) is 17.0 Å². The Morgan fingerprint density at radius 2 is 1.81 bits per heavy atom. The van der Waals surface area contributed by atoms with E-state index in [4.69, 9.17) is 16.3 Å². The molecule has 0 spiro atoms. The van der Waals surface area contributed by atoms with Gasteiger partial charge in [0.2, 0.25) is 0 Å². The van der Waals surface area contributed by atoms with Crippen molar-refractivity contribution < 1.29 is 23.4 Å². The predicted octanol–water partition coefficient (Wildman–Crippen LogP) is 3.03. The Kier molecular flexibility index (Phi) is 7.11. The molecule has 6 nitrogen and oxygen atoms in total. The summed E-state index contributed by atoms with van der Waals surface area (Å²) in [5, 5.41) is 12.2. The Bertz CT molecular complexity index is 639. The second kappa shape index (κ2) is 8.93. The summed E-state index contributed by atoms with van der Waals surface area (Å²) in [5.74, 6) is -1.38. The van der Waals surface area contributed by atoms with Crippen LogP contribution in [-0.4, -0.2) is 66.4 Å². The summed E-state index contributed by atoms with van der Waals surface area (Å²) in [7, 11) is 0. The molecule has 1 amide bonds. The maximum absolute atomic E-state index is 14.5. The minimum Gasteiger partial charge on any atom is -0.444 e. The summed E-state index contributed by atoms with van der Waals surface area (Å²) < 4.78 is 34.2. The summed E-state index contributed by atoms with van der Waals surface area (Å²) in [6, 6.07) is 2.36. The van der Waals surface area contributed by atoms with Crippen molar-refractivity contribution in [2.45, 2.75) is 32.5 Å². The van der Waals surface area contributed by atoms with Crippen molar-refractivity contribution in [2.24, 2.45) is 0 Å². The van der Waals surface area contributed by atoms with Crippen LogP contribution in [0.15, 0.2) is 12.1 Å². The smallest absolute Gasteiger partial charge is 0.410 e. The molecule has 1 aliphatic rings. The van der Waals surface area contributed by atoms with Gasteiger partial charge in [-0.1, -0.05) is 0 Å². The Morgan fingerprint density at radius 1 is 1.26 bits per heavy atom. The lowest BCUT2D eigenvalue weighted by molar-refractivity contribution is 0.0240. The highest BCUT2D eigenvalue weighted by Gasteiger charge is 2.28. The second-order valence-corrected chi connectivity index (χ2v) is 7.74. The van der Waals surface area contributed by atoms with Gasteiger partial charge in [-0.15, -0.1) is 11.6 Å². The van der Waals surface area contributed by atoms with E-state index in [1.54, 1.807) is 25.7 Å². The first kappa shape index (κ1) is 21.5. The maximum Gasteiger partial charge on any atom is 0.410 e. The third-order valence-corrected chi connectivity index (χ3v) is 4.34. The van der Waals surface area contributed by atoms with Gasteiger partial charge in [0.15, 0.2) is 11.6 Å². The topological polar surface area (TPSA) is 65.0 Å². The lowest BCUT2D eigenvalue weighted by Crippen LogP contribution is -2.50. The number of nitrogens with one attached hydrogen (secondary N) is 1. The van der Waals surface area contributed by atoms with Crippen molar-refractivity contribution in [1.29, 1.82) is 0 Å². The number of hydrogen-bond donors (Lipinski definition) is 2.